The number of hydrogen-bond acceptors (Lipinski definition) is 5. The molecular formula is C32H35N3O3S2. The van der Waals surface area contributed by atoms with E-state index >= 15 is 0 Å². The number of amidine groups is 1. The van der Waals surface area contributed by atoms with Gasteiger partial charge in [0.25, 0.3) is 0 Å². The van der Waals surface area contributed by atoms with E-state index in [4.69, 9.17) is 0 Å². The molecule has 0 radical (unpaired) electrons. The summed E-state index contributed by atoms with van der Waals surface area (Å²) in [5.74, 6) is 0.762. The van der Waals surface area contributed by atoms with E-state index in [-0.39, 0.29) is 28.7 Å². The summed E-state index contributed by atoms with van der Waals surface area (Å²) in [5, 5.41) is 0.520. The zero-order valence-electron chi connectivity index (χ0n) is 22.6. The minimum absolute atomic E-state index is 0.0958. The number of aryl methyl sites for hydroxylation is 1. The van der Waals surface area contributed by atoms with Crippen LogP contribution >= 0.6 is 11.8 Å². The van der Waals surface area contributed by atoms with E-state index in [0.717, 1.165) is 30.8 Å². The summed E-state index contributed by atoms with van der Waals surface area (Å²) >= 11 is 1.44. The molecule has 3 aliphatic rings. The summed E-state index contributed by atoms with van der Waals surface area (Å²) < 4.78 is 24.9. The second kappa shape index (κ2) is 11.8. The predicted molar refractivity (Wildman–Crippen MR) is 165 cm³/mol. The van der Waals surface area contributed by atoms with Gasteiger partial charge in [-0.05, 0) is 67.0 Å². The Morgan fingerprint density at radius 3 is 2.12 bits per heavy atom. The van der Waals surface area contributed by atoms with Gasteiger partial charge in [0.2, 0.25) is 5.91 Å². The van der Waals surface area contributed by atoms with Crippen molar-refractivity contribution in [2.45, 2.75) is 43.4 Å². The molecule has 0 saturated carbocycles. The average molecular weight is 574 g/mol. The largest absolute Gasteiger partial charge is 0.372 e. The van der Waals surface area contributed by atoms with Crippen LogP contribution in [-0.2, 0) is 27.5 Å². The van der Waals surface area contributed by atoms with Gasteiger partial charge in [-0.3, -0.25) is 4.79 Å². The first-order valence-corrected chi connectivity index (χ1v) is 16.8. The molecule has 0 aliphatic carbocycles. The number of sulfone groups is 1. The highest BCUT2D eigenvalue weighted by atomic mass is 32.2. The Kier molecular flexibility index (Phi) is 7.98. The lowest BCUT2D eigenvalue weighted by Crippen LogP contribution is -2.38. The molecule has 3 aromatic carbocycles. The van der Waals surface area contributed by atoms with Crippen LogP contribution in [0.15, 0.2) is 89.9 Å². The zero-order valence-corrected chi connectivity index (χ0v) is 24.2. The highest BCUT2D eigenvalue weighted by molar-refractivity contribution is 8.16. The Hall–Kier alpha value is -3.10. The number of piperidine rings is 1. The maximum atomic E-state index is 12.8. The minimum atomic E-state index is -3.11. The Bertz CT molecular complexity index is 1450. The lowest BCUT2D eigenvalue weighted by atomic mass is 9.90. The number of anilines is 2. The topological polar surface area (TPSA) is 70.0 Å². The molecule has 0 N–H and O–H groups in total. The summed E-state index contributed by atoms with van der Waals surface area (Å²) in [4.78, 5) is 21.8. The molecule has 3 aliphatic heterocycles. The summed E-state index contributed by atoms with van der Waals surface area (Å²) in [6.45, 7) is 2.06. The van der Waals surface area contributed by atoms with Gasteiger partial charge in [0, 0.05) is 36.1 Å². The second-order valence-electron chi connectivity index (χ2n) is 11.1. The predicted octanol–water partition coefficient (Wildman–Crippen LogP) is 5.38. The molecule has 40 heavy (non-hydrogen) atoms. The van der Waals surface area contributed by atoms with Gasteiger partial charge in [0.05, 0.1) is 17.5 Å². The van der Waals surface area contributed by atoms with E-state index in [1.54, 1.807) is 0 Å². The van der Waals surface area contributed by atoms with Crippen molar-refractivity contribution in [2.24, 2.45) is 10.9 Å². The van der Waals surface area contributed by atoms with Crippen molar-refractivity contribution in [3.8, 4) is 0 Å². The molecule has 3 heterocycles. The summed E-state index contributed by atoms with van der Waals surface area (Å²) in [6.07, 6.45) is 4.44. The fourth-order valence-corrected chi connectivity index (χ4v) is 10.0. The van der Waals surface area contributed by atoms with Crippen LogP contribution in [0.5, 0.6) is 0 Å². The number of carbonyl (C=O) groups excluding carboxylic acids is 1. The fraction of sp³-hybridized carbons (Fsp3) is 0.375. The van der Waals surface area contributed by atoms with Crippen LogP contribution in [-0.4, -0.2) is 55.4 Å². The number of hydrogen-bond donors (Lipinski definition) is 0. The maximum absolute atomic E-state index is 12.8. The van der Waals surface area contributed by atoms with E-state index in [0.29, 0.717) is 23.9 Å². The Labute approximate surface area is 241 Å². The first-order chi connectivity index (χ1) is 19.4. The van der Waals surface area contributed by atoms with Crippen molar-refractivity contribution in [3.63, 3.8) is 0 Å². The van der Waals surface area contributed by atoms with Crippen LogP contribution in [0.2, 0.25) is 0 Å². The molecule has 208 valence electrons. The lowest BCUT2D eigenvalue weighted by molar-refractivity contribution is -0.117. The average Bonchev–Trinajstić information content (AvgIpc) is 3.44. The smallest absolute Gasteiger partial charge is 0.248 e. The summed E-state index contributed by atoms with van der Waals surface area (Å²) in [6, 6.07) is 28.8. The van der Waals surface area contributed by atoms with Gasteiger partial charge < -0.3 is 9.80 Å². The van der Waals surface area contributed by atoms with E-state index in [1.165, 1.54) is 35.9 Å². The first-order valence-electron chi connectivity index (χ1n) is 14.1. The molecule has 1 amide bonds. The highest BCUT2D eigenvalue weighted by Crippen LogP contribution is 2.41. The number of nitrogens with zero attached hydrogens (tertiary/aromatic N) is 3. The molecule has 3 aromatic rings. The molecule has 3 fully saturated rings. The van der Waals surface area contributed by atoms with Gasteiger partial charge in [-0.1, -0.05) is 72.4 Å². The second-order valence-corrected chi connectivity index (χ2v) is 14.4. The number of rotatable bonds is 7. The van der Waals surface area contributed by atoms with Gasteiger partial charge in [-0.15, -0.1) is 0 Å². The number of aliphatic imine (C=N–C) groups is 1. The maximum Gasteiger partial charge on any atom is 0.248 e. The van der Waals surface area contributed by atoms with Gasteiger partial charge >= 0.3 is 0 Å². The molecule has 2 atom stereocenters. The molecule has 8 heteroatoms. The number of carbonyl (C=O) groups is 1. The normalized spacial score (nSPS) is 23.4. The first kappa shape index (κ1) is 27.1. The van der Waals surface area contributed by atoms with Crippen molar-refractivity contribution in [3.05, 3.63) is 96.1 Å². The third-order valence-corrected chi connectivity index (χ3v) is 11.4. The Morgan fingerprint density at radius 1 is 0.825 bits per heavy atom. The molecular weight excluding hydrogens is 539 g/mol. The van der Waals surface area contributed by atoms with Gasteiger partial charge in [0.15, 0.2) is 15.0 Å². The van der Waals surface area contributed by atoms with Crippen LogP contribution < -0.4 is 9.80 Å². The number of fused-ring (bicyclic) bond motifs is 1. The van der Waals surface area contributed by atoms with Gasteiger partial charge in [-0.2, -0.15) is 4.99 Å². The lowest BCUT2D eigenvalue weighted by Gasteiger charge is -2.34. The van der Waals surface area contributed by atoms with Crippen molar-refractivity contribution in [1.29, 1.82) is 0 Å². The third-order valence-electron chi connectivity index (χ3n) is 8.23. The van der Waals surface area contributed by atoms with E-state index < -0.39 is 9.84 Å². The van der Waals surface area contributed by atoms with Crippen LogP contribution in [0.25, 0.3) is 0 Å². The van der Waals surface area contributed by atoms with Gasteiger partial charge in [0.1, 0.15) is 0 Å². The molecule has 3 saturated heterocycles. The Balaban J connectivity index is 1.14. The molecule has 0 spiro atoms. The molecule has 6 rings (SSSR count). The van der Waals surface area contributed by atoms with Crippen LogP contribution in [0.3, 0.4) is 0 Å². The summed E-state index contributed by atoms with van der Waals surface area (Å²) in [7, 11) is -3.11. The Morgan fingerprint density at radius 2 is 1.45 bits per heavy atom. The van der Waals surface area contributed by atoms with Crippen LogP contribution in [0, 0.1) is 5.92 Å². The SMILES string of the molecule is O=C(CCc1ccccc1)N=C1S[C@H]2CS(=O)(=O)C[C@@H]2N1c1ccc(N2CCC(Cc3ccccc3)CC2)cc1. The minimum Gasteiger partial charge on any atom is -0.372 e. The number of benzene rings is 3. The standard InChI is InChI=1S/C32H35N3O3S2/c36-31(16-11-24-7-3-1-4-8-24)33-32-35(29-22-40(37,38)23-30(29)39-32)28-14-12-27(13-15-28)34-19-17-26(18-20-34)21-25-9-5-2-6-10-25/h1-10,12-15,26,29-30H,11,16-23H2/t29-,30-/m0/s1. The molecule has 0 unspecified atom stereocenters. The van der Waals surface area contributed by atoms with Crippen molar-refractivity contribution in [2.75, 3.05) is 34.4 Å². The zero-order chi connectivity index (χ0) is 27.5. The molecule has 6 nitrogen and oxygen atoms in total. The number of thioether (sulfide) groups is 1. The quantitative estimate of drug-likeness (QED) is 0.378. The van der Waals surface area contributed by atoms with Crippen molar-refractivity contribution < 1.29 is 13.2 Å². The van der Waals surface area contributed by atoms with Crippen molar-refractivity contribution >= 4 is 44.0 Å². The number of amides is 1. The van der Waals surface area contributed by atoms with E-state index in [9.17, 15) is 13.2 Å². The van der Waals surface area contributed by atoms with Crippen LogP contribution in [0.4, 0.5) is 11.4 Å². The summed E-state index contributed by atoms with van der Waals surface area (Å²) in [5.41, 5.74) is 4.60. The molecule has 0 bridgehead atoms. The van der Waals surface area contributed by atoms with Gasteiger partial charge in [-0.25, -0.2) is 8.42 Å². The van der Waals surface area contributed by atoms with Crippen LogP contribution in [0.1, 0.15) is 30.4 Å². The van der Waals surface area contributed by atoms with E-state index in [1.807, 2.05) is 35.2 Å². The van der Waals surface area contributed by atoms with E-state index in [2.05, 4.69) is 64.5 Å². The fourth-order valence-electron chi connectivity index (χ4n) is 6.09. The van der Waals surface area contributed by atoms with Crippen molar-refractivity contribution in [1.82, 2.24) is 0 Å². The highest BCUT2D eigenvalue weighted by Gasteiger charge is 2.49. The molecule has 0 aromatic heterocycles. The third kappa shape index (κ3) is 6.28. The monoisotopic (exact) mass is 573 g/mol.